The molecule has 5 saturated carbocycles. The van der Waals surface area contributed by atoms with Gasteiger partial charge in [-0.3, -0.25) is 9.59 Å². The molecule has 0 aromatic carbocycles. The lowest BCUT2D eigenvalue weighted by Crippen LogP contribution is -2.55. The molecule has 8 heteroatoms. The number of esters is 4. The molecule has 31 heavy (non-hydrogen) atoms. The van der Waals surface area contributed by atoms with E-state index in [2.05, 4.69) is 0 Å². The Morgan fingerprint density at radius 1 is 0.645 bits per heavy atom. The van der Waals surface area contributed by atoms with Crippen molar-refractivity contribution in [2.24, 2.45) is 59.2 Å². The van der Waals surface area contributed by atoms with Gasteiger partial charge in [0.2, 0.25) is 0 Å². The molecule has 0 aromatic heterocycles. The predicted molar refractivity (Wildman–Crippen MR) is 99.1 cm³/mol. The molecule has 9 unspecified atom stereocenters. The number of hydrogen-bond donors (Lipinski definition) is 0. The maximum absolute atomic E-state index is 12.9. The number of fused-ring (bicyclic) bond motifs is 2. The average Bonchev–Trinajstić information content (AvgIpc) is 3.11. The highest BCUT2D eigenvalue weighted by Crippen LogP contribution is 2.87. The Morgan fingerprint density at radius 3 is 1.81 bits per heavy atom. The van der Waals surface area contributed by atoms with E-state index in [0.717, 1.165) is 12.0 Å². The van der Waals surface area contributed by atoms with Crippen molar-refractivity contribution in [3.05, 3.63) is 11.1 Å². The monoisotopic (exact) mass is 428 g/mol. The van der Waals surface area contributed by atoms with Crippen LogP contribution in [0.4, 0.5) is 0 Å². The van der Waals surface area contributed by atoms with Crippen molar-refractivity contribution in [2.45, 2.75) is 45.7 Å². The van der Waals surface area contributed by atoms with E-state index >= 15 is 0 Å². The van der Waals surface area contributed by atoms with Gasteiger partial charge in [0.25, 0.3) is 11.6 Å². The summed E-state index contributed by atoms with van der Waals surface area (Å²) in [4.78, 5) is 51.4. The minimum Gasteiger partial charge on any atom is -0.422 e. The Labute approximate surface area is 178 Å². The van der Waals surface area contributed by atoms with Gasteiger partial charge in [0.05, 0.1) is 0 Å². The van der Waals surface area contributed by atoms with Gasteiger partial charge in [-0.25, -0.2) is 9.59 Å². The largest absolute Gasteiger partial charge is 0.422 e. The van der Waals surface area contributed by atoms with Crippen LogP contribution in [0, 0.1) is 59.2 Å². The van der Waals surface area contributed by atoms with Crippen LogP contribution in [0.15, 0.2) is 11.1 Å². The van der Waals surface area contributed by atoms with Gasteiger partial charge < -0.3 is 18.9 Å². The lowest BCUT2D eigenvalue weighted by atomic mass is 9.54. The van der Waals surface area contributed by atoms with E-state index in [1.165, 1.54) is 0 Å². The molecule has 7 rings (SSSR count). The Bertz CT molecular complexity index is 994. The van der Waals surface area contributed by atoms with E-state index in [1.54, 1.807) is 27.7 Å². The van der Waals surface area contributed by atoms with Crippen LogP contribution in [0.5, 0.6) is 0 Å². The summed E-state index contributed by atoms with van der Waals surface area (Å²) in [5, 5.41) is 0. The fourth-order valence-corrected chi connectivity index (χ4v) is 9.01. The second-order valence-electron chi connectivity index (χ2n) is 11.2. The molecule has 8 nitrogen and oxygen atoms in total. The lowest BCUT2D eigenvalue weighted by Gasteiger charge is -2.51. The molecule has 0 N–H and O–H groups in total. The molecule has 0 amide bonds. The molecule has 0 spiro atoms. The van der Waals surface area contributed by atoms with Gasteiger partial charge in [0.15, 0.2) is 5.92 Å². The van der Waals surface area contributed by atoms with Crippen LogP contribution in [0.25, 0.3) is 0 Å². The molecule has 164 valence electrons. The Morgan fingerprint density at radius 2 is 1.19 bits per heavy atom. The molecule has 9 atom stereocenters. The van der Waals surface area contributed by atoms with Gasteiger partial charge in [-0.05, 0) is 65.3 Å². The summed E-state index contributed by atoms with van der Waals surface area (Å²) in [7, 11) is 0. The van der Waals surface area contributed by atoms with Crippen molar-refractivity contribution in [1.82, 2.24) is 0 Å². The number of carbonyl (C=O) groups excluding carboxylic acids is 4. The quantitative estimate of drug-likeness (QED) is 0.268. The predicted octanol–water partition coefficient (Wildman–Crippen LogP) is 1.58. The first kappa shape index (κ1) is 18.2. The second-order valence-corrected chi connectivity index (χ2v) is 11.2. The topological polar surface area (TPSA) is 105 Å². The van der Waals surface area contributed by atoms with Crippen molar-refractivity contribution < 1.29 is 38.1 Å². The molecule has 2 saturated heterocycles. The van der Waals surface area contributed by atoms with E-state index in [9.17, 15) is 19.2 Å². The van der Waals surface area contributed by atoms with Crippen LogP contribution >= 0.6 is 0 Å². The Kier molecular flexibility index (Phi) is 2.93. The van der Waals surface area contributed by atoms with E-state index in [-0.39, 0.29) is 35.2 Å². The molecule has 2 bridgehead atoms. The zero-order valence-corrected chi connectivity index (χ0v) is 17.7. The molecule has 0 aromatic rings. The lowest BCUT2D eigenvalue weighted by molar-refractivity contribution is -0.246. The standard InChI is InChI=1S/C23H24O8/c1-22(2)28-18(24)16(19(25)29-22)14-10-6-5-7-9-8(6)12(14)13(9)15(11(7)10)17-20(26)30-23(3,4)31-21(17)27/h6-14,16H,5H2,1-4H3. The summed E-state index contributed by atoms with van der Waals surface area (Å²) in [5.41, 5.74) is 0.937. The van der Waals surface area contributed by atoms with Crippen molar-refractivity contribution >= 4 is 23.9 Å². The zero-order chi connectivity index (χ0) is 21.8. The molecular weight excluding hydrogens is 404 g/mol. The molecule has 5 aliphatic carbocycles. The van der Waals surface area contributed by atoms with Gasteiger partial charge in [-0.15, -0.1) is 0 Å². The third-order valence-corrected chi connectivity index (χ3v) is 9.19. The third-order valence-electron chi connectivity index (χ3n) is 9.19. The molecule has 2 heterocycles. The first-order valence-corrected chi connectivity index (χ1v) is 11.2. The second kappa shape index (κ2) is 4.99. The summed E-state index contributed by atoms with van der Waals surface area (Å²) in [6.07, 6.45) is 1.03. The maximum Gasteiger partial charge on any atom is 0.348 e. The molecule has 2 aliphatic heterocycles. The fraction of sp³-hybridized carbons (Fsp3) is 0.739. The van der Waals surface area contributed by atoms with Gasteiger partial charge in [-0.1, -0.05) is 0 Å². The molecular formula is C23H24O8. The summed E-state index contributed by atoms with van der Waals surface area (Å²) in [6, 6.07) is 0. The van der Waals surface area contributed by atoms with Crippen molar-refractivity contribution in [3.8, 4) is 0 Å². The van der Waals surface area contributed by atoms with Crippen molar-refractivity contribution in [1.29, 1.82) is 0 Å². The van der Waals surface area contributed by atoms with Crippen LogP contribution < -0.4 is 0 Å². The summed E-state index contributed by atoms with van der Waals surface area (Å²) < 4.78 is 21.7. The summed E-state index contributed by atoms with van der Waals surface area (Å²) >= 11 is 0. The number of rotatable bonds is 1. The summed E-state index contributed by atoms with van der Waals surface area (Å²) in [5.74, 6) is -3.92. The van der Waals surface area contributed by atoms with E-state index in [0.29, 0.717) is 23.7 Å². The van der Waals surface area contributed by atoms with Crippen LogP contribution in [0.1, 0.15) is 34.1 Å². The number of hydrogen-bond acceptors (Lipinski definition) is 8. The average molecular weight is 428 g/mol. The van der Waals surface area contributed by atoms with Crippen LogP contribution in [0.3, 0.4) is 0 Å². The zero-order valence-electron chi connectivity index (χ0n) is 17.7. The first-order chi connectivity index (χ1) is 14.5. The smallest absolute Gasteiger partial charge is 0.348 e. The summed E-state index contributed by atoms with van der Waals surface area (Å²) in [6.45, 7) is 6.21. The third kappa shape index (κ3) is 1.90. The van der Waals surface area contributed by atoms with Gasteiger partial charge in [-0.2, -0.15) is 0 Å². The van der Waals surface area contributed by atoms with Gasteiger partial charge in [0.1, 0.15) is 5.57 Å². The minimum absolute atomic E-state index is 0.0202. The number of carbonyl (C=O) groups is 4. The Balaban J connectivity index is 1.31. The number of cyclic esters (lactones) is 4. The maximum atomic E-state index is 12.9. The van der Waals surface area contributed by atoms with E-state index in [1.807, 2.05) is 0 Å². The number of ether oxygens (including phenoxy) is 4. The van der Waals surface area contributed by atoms with Crippen LogP contribution in [0.2, 0.25) is 0 Å². The fourth-order valence-electron chi connectivity index (χ4n) is 9.01. The van der Waals surface area contributed by atoms with Gasteiger partial charge in [0, 0.05) is 27.7 Å². The Hall–Kier alpha value is -2.38. The molecule has 7 aliphatic rings. The van der Waals surface area contributed by atoms with Crippen molar-refractivity contribution in [3.63, 3.8) is 0 Å². The van der Waals surface area contributed by atoms with Gasteiger partial charge >= 0.3 is 23.9 Å². The minimum atomic E-state index is -1.27. The van der Waals surface area contributed by atoms with E-state index < -0.39 is 41.4 Å². The normalized spacial score (nSPS) is 49.7. The number of allylic oxidation sites excluding steroid dienone is 1. The van der Waals surface area contributed by atoms with Crippen LogP contribution in [-0.4, -0.2) is 35.5 Å². The molecule has 7 fully saturated rings. The van der Waals surface area contributed by atoms with Crippen molar-refractivity contribution in [2.75, 3.05) is 0 Å². The molecule has 0 radical (unpaired) electrons. The SMILES string of the molecule is CC1(C)OC(=O)C(=C2C3C4CC5C3C(C3C(=O)OC(C)(C)OC3=O)C3C2C4C53)C(=O)O1. The highest BCUT2D eigenvalue weighted by Gasteiger charge is 2.84. The first-order valence-electron chi connectivity index (χ1n) is 11.2. The van der Waals surface area contributed by atoms with E-state index in [4.69, 9.17) is 18.9 Å². The highest BCUT2D eigenvalue weighted by atomic mass is 16.7. The highest BCUT2D eigenvalue weighted by molar-refractivity contribution is 6.16. The van der Waals surface area contributed by atoms with Crippen LogP contribution in [-0.2, 0) is 38.1 Å².